The van der Waals surface area contributed by atoms with Crippen LogP contribution in [0.2, 0.25) is 0 Å². The molecule has 1 nitrogen and oxygen atoms in total. The molecule has 1 aliphatic rings. The molecule has 1 aromatic carbocycles. The highest BCUT2D eigenvalue weighted by Crippen LogP contribution is 2.21. The summed E-state index contributed by atoms with van der Waals surface area (Å²) in [5, 5.41) is 0. The number of halogens is 1. The van der Waals surface area contributed by atoms with E-state index in [4.69, 9.17) is 6.42 Å². The first-order valence-electron chi connectivity index (χ1n) is 6.68. The molecule has 1 aromatic rings. The minimum absolute atomic E-state index is 0.150. The van der Waals surface area contributed by atoms with E-state index in [1.54, 1.807) is 12.1 Å². The smallest absolute Gasteiger partial charge is 0.123 e. The van der Waals surface area contributed by atoms with Crippen molar-refractivity contribution >= 4 is 0 Å². The van der Waals surface area contributed by atoms with Crippen LogP contribution < -0.4 is 0 Å². The number of benzene rings is 1. The van der Waals surface area contributed by atoms with Gasteiger partial charge in [-0.2, -0.15) is 0 Å². The van der Waals surface area contributed by atoms with Crippen molar-refractivity contribution in [3.8, 4) is 12.3 Å². The van der Waals surface area contributed by atoms with Crippen molar-refractivity contribution in [1.29, 1.82) is 0 Å². The lowest BCUT2D eigenvalue weighted by atomic mass is 9.90. The molecule has 0 bridgehead atoms. The molecule has 1 aliphatic heterocycles. The molecule has 0 unspecified atom stereocenters. The number of hydrogen-bond donors (Lipinski definition) is 0. The second-order valence-corrected chi connectivity index (χ2v) is 5.07. The molecule has 1 saturated heterocycles. The average Bonchev–Trinajstić information content (AvgIpc) is 2.41. The minimum Gasteiger partial charge on any atom is -0.302 e. The molecule has 0 amide bonds. The summed E-state index contributed by atoms with van der Waals surface area (Å²) in [6.07, 6.45) is 9.65. The summed E-state index contributed by atoms with van der Waals surface area (Å²) in [6, 6.07) is 6.91. The lowest BCUT2D eigenvalue weighted by Gasteiger charge is -2.31. The Kier molecular flexibility index (Phi) is 4.78. The zero-order valence-electron chi connectivity index (χ0n) is 10.7. The predicted octanol–water partition coefficient (Wildman–Crippen LogP) is 3.10. The second kappa shape index (κ2) is 6.56. The van der Waals surface area contributed by atoms with Gasteiger partial charge in [-0.1, -0.05) is 12.1 Å². The Labute approximate surface area is 109 Å². The van der Waals surface area contributed by atoms with Crippen molar-refractivity contribution in [1.82, 2.24) is 4.90 Å². The van der Waals surface area contributed by atoms with Crippen LogP contribution in [0.15, 0.2) is 24.3 Å². The number of terminal acetylenes is 1. The molecule has 1 fully saturated rings. The third-order valence-corrected chi connectivity index (χ3v) is 3.72. The molecule has 0 aliphatic carbocycles. The standard InChI is InChI=1S/C16H20FN/c1-2-3-10-18-11-8-15(9-12-18)13-14-4-6-16(17)7-5-14/h1,4-7,15H,3,8-13H2. The molecule has 96 valence electrons. The van der Waals surface area contributed by atoms with Crippen molar-refractivity contribution in [2.24, 2.45) is 5.92 Å². The molecule has 0 saturated carbocycles. The molecule has 0 radical (unpaired) electrons. The lowest BCUT2D eigenvalue weighted by Crippen LogP contribution is -2.34. The monoisotopic (exact) mass is 245 g/mol. The van der Waals surface area contributed by atoms with Gasteiger partial charge in [-0.05, 0) is 56.0 Å². The maximum absolute atomic E-state index is 12.8. The molecular weight excluding hydrogens is 225 g/mol. The fraction of sp³-hybridized carbons (Fsp3) is 0.500. The number of piperidine rings is 1. The topological polar surface area (TPSA) is 3.24 Å². The second-order valence-electron chi connectivity index (χ2n) is 5.07. The van der Waals surface area contributed by atoms with E-state index in [0.717, 1.165) is 38.4 Å². The van der Waals surface area contributed by atoms with Crippen LogP contribution in [0.1, 0.15) is 24.8 Å². The van der Waals surface area contributed by atoms with E-state index in [1.807, 2.05) is 12.1 Å². The zero-order valence-corrected chi connectivity index (χ0v) is 10.7. The molecule has 2 rings (SSSR count). The van der Waals surface area contributed by atoms with Crippen LogP contribution in [0, 0.1) is 24.1 Å². The Hall–Kier alpha value is -1.33. The average molecular weight is 245 g/mol. The summed E-state index contributed by atoms with van der Waals surface area (Å²) in [7, 11) is 0. The Morgan fingerprint density at radius 3 is 2.50 bits per heavy atom. The normalized spacial score (nSPS) is 17.6. The molecule has 0 aromatic heterocycles. The largest absolute Gasteiger partial charge is 0.302 e. The van der Waals surface area contributed by atoms with Crippen molar-refractivity contribution in [2.75, 3.05) is 19.6 Å². The zero-order chi connectivity index (χ0) is 12.8. The van der Waals surface area contributed by atoms with E-state index < -0.39 is 0 Å². The van der Waals surface area contributed by atoms with Gasteiger partial charge in [0.15, 0.2) is 0 Å². The Morgan fingerprint density at radius 1 is 1.22 bits per heavy atom. The van der Waals surface area contributed by atoms with Gasteiger partial charge in [0.25, 0.3) is 0 Å². The maximum Gasteiger partial charge on any atom is 0.123 e. The summed E-state index contributed by atoms with van der Waals surface area (Å²) >= 11 is 0. The molecule has 2 heteroatoms. The van der Waals surface area contributed by atoms with Crippen LogP contribution in [0.5, 0.6) is 0 Å². The Morgan fingerprint density at radius 2 is 1.89 bits per heavy atom. The van der Waals surface area contributed by atoms with Gasteiger partial charge in [0.1, 0.15) is 5.82 Å². The van der Waals surface area contributed by atoms with Gasteiger partial charge in [0.05, 0.1) is 0 Å². The first kappa shape index (κ1) is 13.1. The number of nitrogens with zero attached hydrogens (tertiary/aromatic N) is 1. The fourth-order valence-electron chi connectivity index (χ4n) is 2.59. The maximum atomic E-state index is 12.8. The molecule has 18 heavy (non-hydrogen) atoms. The van der Waals surface area contributed by atoms with E-state index >= 15 is 0 Å². The summed E-state index contributed by atoms with van der Waals surface area (Å²) in [4.78, 5) is 2.45. The number of likely N-dealkylation sites (tertiary alicyclic amines) is 1. The van der Waals surface area contributed by atoms with Crippen LogP contribution in [-0.2, 0) is 6.42 Å². The molecule has 0 spiro atoms. The van der Waals surface area contributed by atoms with Gasteiger partial charge in [-0.15, -0.1) is 12.3 Å². The van der Waals surface area contributed by atoms with Gasteiger partial charge in [-0.25, -0.2) is 4.39 Å². The molecular formula is C16H20FN. The van der Waals surface area contributed by atoms with Crippen molar-refractivity contribution in [3.63, 3.8) is 0 Å². The molecule has 0 N–H and O–H groups in total. The molecule has 1 heterocycles. The Balaban J connectivity index is 1.76. The first-order chi connectivity index (χ1) is 8.78. The van der Waals surface area contributed by atoms with E-state index in [1.165, 1.54) is 18.4 Å². The summed E-state index contributed by atoms with van der Waals surface area (Å²) < 4.78 is 12.8. The lowest BCUT2D eigenvalue weighted by molar-refractivity contribution is 0.187. The van der Waals surface area contributed by atoms with Crippen LogP contribution in [-0.4, -0.2) is 24.5 Å². The molecule has 0 atom stereocenters. The van der Waals surface area contributed by atoms with Gasteiger partial charge < -0.3 is 4.90 Å². The third-order valence-electron chi connectivity index (χ3n) is 3.72. The highest BCUT2D eigenvalue weighted by Gasteiger charge is 2.18. The van der Waals surface area contributed by atoms with Crippen molar-refractivity contribution < 1.29 is 4.39 Å². The quantitative estimate of drug-likeness (QED) is 0.737. The van der Waals surface area contributed by atoms with E-state index in [9.17, 15) is 4.39 Å². The third kappa shape index (κ3) is 3.85. The van der Waals surface area contributed by atoms with Crippen LogP contribution in [0.4, 0.5) is 4.39 Å². The SMILES string of the molecule is C#CCCN1CCC(Cc2ccc(F)cc2)CC1. The van der Waals surface area contributed by atoms with E-state index in [0.29, 0.717) is 0 Å². The van der Waals surface area contributed by atoms with E-state index in [-0.39, 0.29) is 5.82 Å². The fourth-order valence-corrected chi connectivity index (χ4v) is 2.59. The van der Waals surface area contributed by atoms with Crippen LogP contribution >= 0.6 is 0 Å². The number of rotatable bonds is 4. The van der Waals surface area contributed by atoms with Gasteiger partial charge in [0.2, 0.25) is 0 Å². The van der Waals surface area contributed by atoms with Gasteiger partial charge >= 0.3 is 0 Å². The summed E-state index contributed by atoms with van der Waals surface area (Å²) in [6.45, 7) is 3.32. The van der Waals surface area contributed by atoms with Crippen LogP contribution in [0.3, 0.4) is 0 Å². The van der Waals surface area contributed by atoms with Gasteiger partial charge in [0, 0.05) is 13.0 Å². The van der Waals surface area contributed by atoms with Crippen molar-refractivity contribution in [2.45, 2.75) is 25.7 Å². The highest BCUT2D eigenvalue weighted by molar-refractivity contribution is 5.16. The summed E-state index contributed by atoms with van der Waals surface area (Å²) in [5.41, 5.74) is 1.25. The van der Waals surface area contributed by atoms with E-state index in [2.05, 4.69) is 10.8 Å². The van der Waals surface area contributed by atoms with Crippen molar-refractivity contribution in [3.05, 3.63) is 35.6 Å². The van der Waals surface area contributed by atoms with Gasteiger partial charge in [-0.3, -0.25) is 0 Å². The highest BCUT2D eigenvalue weighted by atomic mass is 19.1. The van der Waals surface area contributed by atoms with Crippen LogP contribution in [0.25, 0.3) is 0 Å². The Bertz CT molecular complexity index is 396. The first-order valence-corrected chi connectivity index (χ1v) is 6.68. The number of hydrogen-bond acceptors (Lipinski definition) is 1. The summed E-state index contributed by atoms with van der Waals surface area (Å²) in [5.74, 6) is 3.28. The predicted molar refractivity (Wildman–Crippen MR) is 72.7 cm³/mol. The minimum atomic E-state index is -0.150.